The third kappa shape index (κ3) is 4.53. The zero-order valence-electron chi connectivity index (χ0n) is 13.3. The van der Waals surface area contributed by atoms with Crippen molar-refractivity contribution in [1.82, 2.24) is 0 Å². The fourth-order valence-corrected chi connectivity index (χ4v) is 6.91. The summed E-state index contributed by atoms with van der Waals surface area (Å²) < 4.78 is 17.4. The molecule has 1 rings (SSSR count). The first-order valence-electron chi connectivity index (χ1n) is 7.38. The van der Waals surface area contributed by atoms with E-state index < -0.39 is 8.56 Å². The maximum Gasteiger partial charge on any atom is 0.370 e. The zero-order chi connectivity index (χ0) is 14.8. The van der Waals surface area contributed by atoms with E-state index in [1.165, 1.54) is 12.8 Å². The van der Waals surface area contributed by atoms with Crippen molar-refractivity contribution in [2.45, 2.75) is 63.6 Å². The van der Waals surface area contributed by atoms with Gasteiger partial charge >= 0.3 is 8.56 Å². The first-order chi connectivity index (χ1) is 9.11. The Morgan fingerprint density at radius 2 is 1.63 bits per heavy atom. The first-order valence-corrected chi connectivity index (χ1v) is 9.40. The molecule has 1 aliphatic rings. The van der Waals surface area contributed by atoms with Gasteiger partial charge in [-0.25, -0.2) is 0 Å². The number of methoxy groups -OCH3 is 1. The molecule has 5 heteroatoms. The lowest BCUT2D eigenvalue weighted by Gasteiger charge is -2.47. The number of rotatable bonds is 6. The average Bonchev–Trinajstić information content (AvgIpc) is 2.48. The summed E-state index contributed by atoms with van der Waals surface area (Å²) in [6.07, 6.45) is 6.58. The quantitative estimate of drug-likeness (QED) is 0.765. The molecule has 0 aromatic heterocycles. The molecule has 1 fully saturated rings. The third-order valence-electron chi connectivity index (χ3n) is 3.96. The minimum absolute atomic E-state index is 0.122. The van der Waals surface area contributed by atoms with Crippen LogP contribution < -0.4 is 0 Å². The molecule has 1 aliphatic heterocycles. The van der Waals surface area contributed by atoms with Gasteiger partial charge in [-0.3, -0.25) is 0 Å². The predicted molar refractivity (Wildman–Crippen MR) is 80.5 cm³/mol. The Labute approximate surface area is 119 Å². The highest BCUT2D eigenvalue weighted by Gasteiger charge is 2.58. The van der Waals surface area contributed by atoms with Crippen molar-refractivity contribution in [1.29, 1.82) is 0 Å². The molecule has 0 radical (unpaired) electrons. The van der Waals surface area contributed by atoms with Gasteiger partial charge in [0, 0.05) is 27.9 Å². The largest absolute Gasteiger partial charge is 0.396 e. The molecule has 116 valence electrons. The van der Waals surface area contributed by atoms with E-state index in [1.54, 1.807) is 21.3 Å². The number of aliphatic hydroxyl groups excluding tert-OH is 1. The molecule has 1 saturated heterocycles. The van der Waals surface area contributed by atoms with Crippen LogP contribution in [0.3, 0.4) is 0 Å². The molecule has 1 atom stereocenters. The van der Waals surface area contributed by atoms with Crippen molar-refractivity contribution in [3.05, 3.63) is 0 Å². The van der Waals surface area contributed by atoms with Crippen molar-refractivity contribution >= 4 is 8.56 Å². The summed E-state index contributed by atoms with van der Waals surface area (Å²) in [6, 6.07) is 1.06. The van der Waals surface area contributed by atoms with Crippen LogP contribution in [-0.4, -0.2) is 46.8 Å². The van der Waals surface area contributed by atoms with Gasteiger partial charge < -0.3 is 18.7 Å². The average molecular weight is 292 g/mol. The molecule has 0 spiro atoms. The molecular formula is C14H32O4Si. The van der Waals surface area contributed by atoms with Crippen LogP contribution in [0.1, 0.15) is 52.4 Å². The summed E-state index contributed by atoms with van der Waals surface area (Å²) in [5.74, 6) is 0. The van der Waals surface area contributed by atoms with Crippen LogP contribution in [0.15, 0.2) is 0 Å². The second-order valence-electron chi connectivity index (χ2n) is 5.04. The van der Waals surface area contributed by atoms with Crippen molar-refractivity contribution in [3.63, 3.8) is 0 Å². The molecule has 0 aliphatic carbocycles. The summed E-state index contributed by atoms with van der Waals surface area (Å²) in [6.45, 7) is 4.44. The van der Waals surface area contributed by atoms with Crippen LogP contribution in [0, 0.1) is 0 Å². The molecule has 0 aromatic carbocycles. The Hall–Kier alpha value is 0.0569. The Balaban J connectivity index is 0.000000711. The number of hydrogen-bond acceptors (Lipinski definition) is 4. The summed E-state index contributed by atoms with van der Waals surface area (Å²) in [5.41, 5.74) is 0. The molecule has 0 amide bonds. The summed E-state index contributed by atoms with van der Waals surface area (Å²) >= 11 is 0. The summed E-state index contributed by atoms with van der Waals surface area (Å²) in [4.78, 5) is 0. The normalized spacial score (nSPS) is 25.6. The van der Waals surface area contributed by atoms with E-state index in [4.69, 9.17) is 18.7 Å². The van der Waals surface area contributed by atoms with E-state index in [2.05, 4.69) is 6.92 Å². The van der Waals surface area contributed by atoms with E-state index in [0.29, 0.717) is 6.61 Å². The van der Waals surface area contributed by atoms with Crippen molar-refractivity contribution < 1.29 is 18.7 Å². The molecule has 0 saturated carbocycles. The van der Waals surface area contributed by atoms with Crippen LogP contribution in [0.5, 0.6) is 0 Å². The standard InChI is InChI=1S/C11H24O3Si.C3H8O/c1-5-8-11(12-2)9-6-7-10-15(11,13-3)14-4;1-2-3-4/h5-10H2,1-4H3;4H,2-3H2,1H3. The second-order valence-corrected chi connectivity index (χ2v) is 8.77. The highest BCUT2D eigenvalue weighted by Crippen LogP contribution is 2.42. The van der Waals surface area contributed by atoms with Gasteiger partial charge in [0.1, 0.15) is 5.22 Å². The minimum atomic E-state index is -2.15. The van der Waals surface area contributed by atoms with E-state index in [0.717, 1.165) is 31.7 Å². The molecular weight excluding hydrogens is 260 g/mol. The maximum atomic E-state index is 7.88. The predicted octanol–water partition coefficient (Wildman–Crippen LogP) is 3.02. The molecule has 1 unspecified atom stereocenters. The highest BCUT2D eigenvalue weighted by atomic mass is 28.4. The number of hydrogen-bond donors (Lipinski definition) is 1. The Kier molecular flexibility index (Phi) is 9.91. The van der Waals surface area contributed by atoms with E-state index in [1.807, 2.05) is 6.92 Å². The van der Waals surface area contributed by atoms with Gasteiger partial charge in [-0.1, -0.05) is 33.1 Å². The Morgan fingerprint density at radius 3 is 2.00 bits per heavy atom. The highest BCUT2D eigenvalue weighted by molar-refractivity contribution is 6.70. The van der Waals surface area contributed by atoms with Crippen LogP contribution in [0.4, 0.5) is 0 Å². The van der Waals surface area contributed by atoms with Crippen molar-refractivity contribution in [2.24, 2.45) is 0 Å². The molecule has 19 heavy (non-hydrogen) atoms. The van der Waals surface area contributed by atoms with E-state index in [9.17, 15) is 0 Å². The molecule has 1 heterocycles. The maximum absolute atomic E-state index is 7.88. The topological polar surface area (TPSA) is 47.9 Å². The van der Waals surface area contributed by atoms with Gasteiger partial charge in [-0.2, -0.15) is 0 Å². The second kappa shape index (κ2) is 9.88. The fourth-order valence-electron chi connectivity index (χ4n) is 2.92. The lowest BCUT2D eigenvalue weighted by atomic mass is 10.1. The Bertz CT molecular complexity index is 215. The van der Waals surface area contributed by atoms with Gasteiger partial charge in [0.05, 0.1) is 0 Å². The fraction of sp³-hybridized carbons (Fsp3) is 1.00. The molecule has 0 aromatic rings. The van der Waals surface area contributed by atoms with Crippen molar-refractivity contribution in [3.8, 4) is 0 Å². The van der Waals surface area contributed by atoms with E-state index >= 15 is 0 Å². The van der Waals surface area contributed by atoms with Gasteiger partial charge in [0.25, 0.3) is 0 Å². The Morgan fingerprint density at radius 1 is 1.05 bits per heavy atom. The lowest BCUT2D eigenvalue weighted by Crippen LogP contribution is -2.64. The molecule has 0 bridgehead atoms. The minimum Gasteiger partial charge on any atom is -0.396 e. The smallest absolute Gasteiger partial charge is 0.370 e. The van der Waals surface area contributed by atoms with Crippen LogP contribution in [0.25, 0.3) is 0 Å². The number of ether oxygens (including phenoxy) is 1. The van der Waals surface area contributed by atoms with Gasteiger partial charge in [0.15, 0.2) is 0 Å². The SMILES string of the molecule is CCCC1(OC)CCCC[Si]1(OC)OC.CCCO. The van der Waals surface area contributed by atoms with Gasteiger partial charge in [-0.15, -0.1) is 0 Å². The summed E-state index contributed by atoms with van der Waals surface area (Å²) in [5, 5.41) is 7.75. The lowest BCUT2D eigenvalue weighted by molar-refractivity contribution is -0.0149. The van der Waals surface area contributed by atoms with Gasteiger partial charge in [-0.05, 0) is 25.3 Å². The molecule has 1 N–H and O–H groups in total. The first kappa shape index (κ1) is 19.1. The third-order valence-corrected chi connectivity index (χ3v) is 8.38. The zero-order valence-corrected chi connectivity index (χ0v) is 14.3. The number of aliphatic hydroxyl groups is 1. The van der Waals surface area contributed by atoms with Crippen LogP contribution in [0.2, 0.25) is 6.04 Å². The summed E-state index contributed by atoms with van der Waals surface area (Å²) in [7, 11) is 3.22. The molecule has 4 nitrogen and oxygen atoms in total. The van der Waals surface area contributed by atoms with Crippen molar-refractivity contribution in [2.75, 3.05) is 27.9 Å². The monoisotopic (exact) mass is 292 g/mol. The van der Waals surface area contributed by atoms with E-state index in [-0.39, 0.29) is 5.22 Å². The van der Waals surface area contributed by atoms with Crippen LogP contribution in [-0.2, 0) is 13.6 Å². The van der Waals surface area contributed by atoms with Crippen LogP contribution >= 0.6 is 0 Å². The van der Waals surface area contributed by atoms with Gasteiger partial charge in [0.2, 0.25) is 0 Å².